The van der Waals surface area contributed by atoms with Gasteiger partial charge in [0.1, 0.15) is 0 Å². The van der Waals surface area contributed by atoms with Crippen molar-refractivity contribution >= 4 is 40.2 Å². The molecule has 0 saturated carbocycles. The Bertz CT molecular complexity index is 1120. The molecule has 0 unspecified atom stereocenters. The number of carbonyl (C=O) groups excluding carboxylic acids is 1. The summed E-state index contributed by atoms with van der Waals surface area (Å²) in [4.78, 5) is 32.1. The second-order valence-electron chi connectivity index (χ2n) is 6.20. The Balaban J connectivity index is 2.03. The summed E-state index contributed by atoms with van der Waals surface area (Å²) in [5.41, 5.74) is 0.978. The van der Waals surface area contributed by atoms with E-state index in [0.29, 0.717) is 39.9 Å². The summed E-state index contributed by atoms with van der Waals surface area (Å²) in [6.07, 6.45) is 3.34. The molecule has 0 bridgehead atoms. The first-order valence-electron chi connectivity index (χ1n) is 8.95. The third-order valence-corrected chi connectivity index (χ3v) is 5.35. The van der Waals surface area contributed by atoms with Crippen LogP contribution >= 0.6 is 23.4 Å². The van der Waals surface area contributed by atoms with Gasteiger partial charge in [-0.05, 0) is 30.3 Å². The lowest BCUT2D eigenvalue weighted by molar-refractivity contribution is -0.127. The van der Waals surface area contributed by atoms with Crippen molar-refractivity contribution in [3.8, 4) is 5.69 Å². The first-order valence-corrected chi connectivity index (χ1v) is 10.3. The molecule has 148 valence electrons. The summed E-state index contributed by atoms with van der Waals surface area (Å²) < 4.78 is 1.50. The summed E-state index contributed by atoms with van der Waals surface area (Å²) in [6.45, 7) is 8.23. The minimum atomic E-state index is -0.207. The van der Waals surface area contributed by atoms with Crippen LogP contribution in [-0.2, 0) is 4.79 Å². The fourth-order valence-corrected chi connectivity index (χ4v) is 3.96. The third kappa shape index (κ3) is 4.78. The van der Waals surface area contributed by atoms with Crippen molar-refractivity contribution in [1.82, 2.24) is 14.5 Å². The van der Waals surface area contributed by atoms with Crippen LogP contribution in [0.1, 0.15) is 0 Å². The average Bonchev–Trinajstić information content (AvgIpc) is 2.72. The summed E-state index contributed by atoms with van der Waals surface area (Å²) in [7, 11) is 0. The highest BCUT2D eigenvalue weighted by Crippen LogP contribution is 2.23. The number of nitrogens with zero attached hydrogens (tertiary/aromatic N) is 3. The second-order valence-corrected chi connectivity index (χ2v) is 7.58. The molecule has 1 amide bonds. The molecule has 0 atom stereocenters. The van der Waals surface area contributed by atoms with Crippen molar-refractivity contribution in [2.45, 2.75) is 5.16 Å². The van der Waals surface area contributed by atoms with Crippen molar-refractivity contribution in [2.75, 3.05) is 18.8 Å². The molecule has 0 aliphatic carbocycles. The predicted octanol–water partition coefficient (Wildman–Crippen LogP) is 4.33. The number of aromatic nitrogens is 2. The van der Waals surface area contributed by atoms with Gasteiger partial charge in [-0.3, -0.25) is 14.2 Å². The number of hydrogen-bond acceptors (Lipinski definition) is 4. The highest BCUT2D eigenvalue weighted by Gasteiger charge is 2.17. The lowest BCUT2D eigenvalue weighted by atomic mass is 10.2. The standard InChI is InChI=1S/C22H20ClN3O2S/c1-3-12-25(13-4-2)20(27)15-29-22-24-19-11-6-5-10-18(19)21(28)26(22)17-9-7-8-16(23)14-17/h3-11,14H,1-2,12-13,15H2. The molecule has 0 saturated heterocycles. The van der Waals surface area contributed by atoms with Crippen LogP contribution in [0.5, 0.6) is 0 Å². The number of fused-ring (bicyclic) bond motifs is 1. The molecule has 3 aromatic rings. The molecule has 0 aliphatic heterocycles. The predicted molar refractivity (Wildman–Crippen MR) is 120 cm³/mol. The minimum absolute atomic E-state index is 0.0881. The molecular weight excluding hydrogens is 406 g/mol. The summed E-state index contributed by atoms with van der Waals surface area (Å²) >= 11 is 7.35. The highest BCUT2D eigenvalue weighted by molar-refractivity contribution is 7.99. The largest absolute Gasteiger partial charge is 0.335 e. The number of benzene rings is 2. The molecule has 1 heterocycles. The summed E-state index contributed by atoms with van der Waals surface area (Å²) in [6, 6.07) is 14.1. The van der Waals surface area contributed by atoms with Gasteiger partial charge in [-0.2, -0.15) is 0 Å². The molecule has 3 rings (SSSR count). The van der Waals surface area contributed by atoms with Crippen LogP contribution in [-0.4, -0.2) is 39.2 Å². The Hall–Kier alpha value is -2.83. The molecule has 2 aromatic carbocycles. The van der Waals surface area contributed by atoms with Crippen molar-refractivity contribution in [2.24, 2.45) is 0 Å². The third-order valence-electron chi connectivity index (χ3n) is 4.19. The highest BCUT2D eigenvalue weighted by atomic mass is 35.5. The lowest BCUT2D eigenvalue weighted by Crippen LogP contribution is -2.33. The maximum absolute atomic E-state index is 13.2. The van der Waals surface area contributed by atoms with Gasteiger partial charge in [0.15, 0.2) is 5.16 Å². The van der Waals surface area contributed by atoms with Crippen LogP contribution in [0.2, 0.25) is 5.02 Å². The zero-order chi connectivity index (χ0) is 20.8. The van der Waals surface area contributed by atoms with Crippen molar-refractivity contribution in [3.63, 3.8) is 0 Å². The zero-order valence-corrected chi connectivity index (χ0v) is 17.3. The SMILES string of the molecule is C=CCN(CC=C)C(=O)CSc1nc2ccccc2c(=O)n1-c1cccc(Cl)c1. The smallest absolute Gasteiger partial charge is 0.266 e. The zero-order valence-electron chi connectivity index (χ0n) is 15.8. The maximum Gasteiger partial charge on any atom is 0.266 e. The second kappa shape index (κ2) is 9.58. The van der Waals surface area contributed by atoms with E-state index in [-0.39, 0.29) is 17.2 Å². The maximum atomic E-state index is 13.2. The van der Waals surface area contributed by atoms with Gasteiger partial charge in [0.05, 0.1) is 22.3 Å². The summed E-state index contributed by atoms with van der Waals surface area (Å²) in [5.74, 6) is 0.0439. The fraction of sp³-hybridized carbons (Fsp3) is 0.136. The Labute approximate surface area is 178 Å². The molecular formula is C22H20ClN3O2S. The van der Waals surface area contributed by atoms with Crippen LogP contribution in [0.3, 0.4) is 0 Å². The first kappa shape index (κ1) is 20.9. The fourth-order valence-electron chi connectivity index (χ4n) is 2.86. The van der Waals surface area contributed by atoms with Gasteiger partial charge in [-0.15, -0.1) is 13.2 Å². The quantitative estimate of drug-likeness (QED) is 0.306. The van der Waals surface area contributed by atoms with Crippen LogP contribution < -0.4 is 5.56 Å². The van der Waals surface area contributed by atoms with E-state index in [9.17, 15) is 9.59 Å². The van der Waals surface area contributed by atoms with E-state index in [4.69, 9.17) is 11.6 Å². The van der Waals surface area contributed by atoms with E-state index in [2.05, 4.69) is 18.1 Å². The number of rotatable bonds is 8. The normalized spacial score (nSPS) is 10.7. The van der Waals surface area contributed by atoms with Crippen molar-refractivity contribution in [1.29, 1.82) is 0 Å². The van der Waals surface area contributed by atoms with E-state index in [1.807, 2.05) is 6.07 Å². The number of carbonyl (C=O) groups is 1. The van der Waals surface area contributed by atoms with E-state index < -0.39 is 0 Å². The molecule has 1 aromatic heterocycles. The van der Waals surface area contributed by atoms with Crippen LogP contribution in [0, 0.1) is 0 Å². The minimum Gasteiger partial charge on any atom is -0.335 e. The Morgan fingerprint density at radius 3 is 2.55 bits per heavy atom. The van der Waals surface area contributed by atoms with Gasteiger partial charge in [0.2, 0.25) is 5.91 Å². The van der Waals surface area contributed by atoms with Gasteiger partial charge in [0.25, 0.3) is 5.56 Å². The Morgan fingerprint density at radius 2 is 1.86 bits per heavy atom. The summed E-state index contributed by atoms with van der Waals surface area (Å²) in [5, 5.41) is 1.45. The van der Waals surface area contributed by atoms with Crippen molar-refractivity contribution < 1.29 is 4.79 Å². The van der Waals surface area contributed by atoms with Crippen molar-refractivity contribution in [3.05, 3.63) is 89.2 Å². The molecule has 7 heteroatoms. The molecule has 29 heavy (non-hydrogen) atoms. The van der Waals surface area contributed by atoms with Crippen LogP contribution in [0.15, 0.2) is 83.8 Å². The molecule has 0 fully saturated rings. The Morgan fingerprint density at radius 1 is 1.14 bits per heavy atom. The van der Waals surface area contributed by atoms with Crippen LogP contribution in [0.4, 0.5) is 0 Å². The van der Waals surface area contributed by atoms with Gasteiger partial charge in [-0.25, -0.2) is 4.98 Å². The lowest BCUT2D eigenvalue weighted by Gasteiger charge is -2.19. The van der Waals surface area contributed by atoms with E-state index in [1.165, 1.54) is 16.3 Å². The number of amides is 1. The van der Waals surface area contributed by atoms with E-state index >= 15 is 0 Å². The first-order chi connectivity index (χ1) is 14.0. The number of halogens is 1. The van der Waals surface area contributed by atoms with Gasteiger partial charge in [-0.1, -0.05) is 53.7 Å². The molecule has 5 nitrogen and oxygen atoms in total. The van der Waals surface area contributed by atoms with E-state index in [1.54, 1.807) is 59.5 Å². The number of thioether (sulfide) groups is 1. The van der Waals surface area contributed by atoms with Gasteiger partial charge >= 0.3 is 0 Å². The molecule has 0 N–H and O–H groups in total. The molecule has 0 spiro atoms. The Kier molecular flexibility index (Phi) is 6.90. The molecule has 0 radical (unpaired) electrons. The van der Waals surface area contributed by atoms with Gasteiger partial charge in [0, 0.05) is 18.1 Å². The number of hydrogen-bond donors (Lipinski definition) is 0. The van der Waals surface area contributed by atoms with Crippen LogP contribution in [0.25, 0.3) is 16.6 Å². The monoisotopic (exact) mass is 425 g/mol. The number of para-hydroxylation sites is 1. The van der Waals surface area contributed by atoms with E-state index in [0.717, 1.165) is 0 Å². The van der Waals surface area contributed by atoms with Gasteiger partial charge < -0.3 is 4.90 Å². The topological polar surface area (TPSA) is 55.2 Å². The molecule has 0 aliphatic rings. The average molecular weight is 426 g/mol.